The average Bonchev–Trinajstić information content (AvgIpc) is 2.18. The van der Waals surface area contributed by atoms with Gasteiger partial charge in [-0.05, 0) is 24.8 Å². The minimum absolute atomic E-state index is 0.288. The van der Waals surface area contributed by atoms with E-state index in [9.17, 15) is 5.11 Å². The summed E-state index contributed by atoms with van der Waals surface area (Å²) in [5.74, 6) is 0.732. The van der Waals surface area contributed by atoms with E-state index < -0.39 is 0 Å². The quantitative estimate of drug-likeness (QED) is 0.775. The third-order valence-electron chi connectivity index (χ3n) is 2.72. The molecule has 0 spiro atoms. The van der Waals surface area contributed by atoms with Gasteiger partial charge in [-0.3, -0.25) is 0 Å². The Bertz CT molecular complexity index is 274. The van der Waals surface area contributed by atoms with Gasteiger partial charge in [0.1, 0.15) is 0 Å². The van der Waals surface area contributed by atoms with Crippen LogP contribution in [0.25, 0.3) is 0 Å². The van der Waals surface area contributed by atoms with Crippen LogP contribution in [0.4, 0.5) is 0 Å². The molecular weight excluding hydrogens is 184 g/mol. The van der Waals surface area contributed by atoms with Crippen molar-refractivity contribution < 1.29 is 5.11 Å². The third-order valence-corrected chi connectivity index (χ3v) is 2.72. The maximum absolute atomic E-state index is 9.92. The first-order valence-corrected chi connectivity index (χ1v) is 5.84. The molecule has 0 saturated carbocycles. The summed E-state index contributed by atoms with van der Waals surface area (Å²) < 4.78 is 0. The second-order valence-electron chi connectivity index (χ2n) is 4.75. The van der Waals surface area contributed by atoms with Crippen LogP contribution in [0, 0.1) is 12.8 Å². The van der Waals surface area contributed by atoms with Gasteiger partial charge in [0, 0.05) is 0 Å². The van der Waals surface area contributed by atoms with Gasteiger partial charge in [0.15, 0.2) is 0 Å². The van der Waals surface area contributed by atoms with Crippen LogP contribution in [-0.2, 0) is 0 Å². The Morgan fingerprint density at radius 2 is 1.67 bits per heavy atom. The summed E-state index contributed by atoms with van der Waals surface area (Å²) in [5.41, 5.74) is 2.29. The lowest BCUT2D eigenvalue weighted by Crippen LogP contribution is -1.98. The first-order valence-electron chi connectivity index (χ1n) is 5.84. The van der Waals surface area contributed by atoms with E-state index in [1.54, 1.807) is 0 Å². The van der Waals surface area contributed by atoms with Crippen molar-refractivity contribution in [2.24, 2.45) is 5.92 Å². The van der Waals surface area contributed by atoms with Crippen LogP contribution in [0.2, 0.25) is 0 Å². The summed E-state index contributed by atoms with van der Waals surface area (Å²) in [6, 6.07) is 8.16. The lowest BCUT2D eigenvalue weighted by molar-refractivity contribution is 0.162. The van der Waals surface area contributed by atoms with Crippen molar-refractivity contribution in [2.75, 3.05) is 0 Å². The fraction of sp³-hybridized carbons (Fsp3) is 0.571. The average molecular weight is 206 g/mol. The molecule has 0 aliphatic heterocycles. The van der Waals surface area contributed by atoms with Gasteiger partial charge in [-0.25, -0.2) is 0 Å². The predicted molar refractivity (Wildman–Crippen MR) is 64.8 cm³/mol. The van der Waals surface area contributed by atoms with E-state index >= 15 is 0 Å². The van der Waals surface area contributed by atoms with Crippen LogP contribution in [0.3, 0.4) is 0 Å². The minimum Gasteiger partial charge on any atom is -0.388 e. The van der Waals surface area contributed by atoms with Crippen LogP contribution >= 0.6 is 0 Å². The zero-order chi connectivity index (χ0) is 11.3. The molecule has 1 rings (SSSR count). The molecule has 1 nitrogen and oxygen atoms in total. The van der Waals surface area contributed by atoms with Gasteiger partial charge < -0.3 is 5.11 Å². The van der Waals surface area contributed by atoms with E-state index in [0.29, 0.717) is 0 Å². The molecule has 15 heavy (non-hydrogen) atoms. The van der Waals surface area contributed by atoms with Crippen LogP contribution in [0.1, 0.15) is 50.3 Å². The summed E-state index contributed by atoms with van der Waals surface area (Å²) in [6.45, 7) is 6.51. The number of rotatable bonds is 5. The molecule has 0 heterocycles. The molecule has 1 aromatic rings. The summed E-state index contributed by atoms with van der Waals surface area (Å²) in [6.07, 6.45) is 2.89. The Kier molecular flexibility index (Phi) is 4.83. The molecule has 0 bridgehead atoms. The van der Waals surface area contributed by atoms with Crippen molar-refractivity contribution in [3.05, 3.63) is 35.4 Å². The summed E-state index contributed by atoms with van der Waals surface area (Å²) in [7, 11) is 0. The van der Waals surface area contributed by atoms with Gasteiger partial charge in [0.2, 0.25) is 0 Å². The minimum atomic E-state index is -0.288. The molecule has 0 amide bonds. The molecule has 0 fully saturated rings. The van der Waals surface area contributed by atoms with Crippen LogP contribution in [-0.4, -0.2) is 5.11 Å². The number of aliphatic hydroxyl groups is 1. The topological polar surface area (TPSA) is 20.2 Å². The predicted octanol–water partition coefficient (Wildman–Crippen LogP) is 3.85. The van der Waals surface area contributed by atoms with Crippen molar-refractivity contribution in [1.82, 2.24) is 0 Å². The van der Waals surface area contributed by atoms with Crippen molar-refractivity contribution in [3.8, 4) is 0 Å². The Labute approximate surface area is 93.1 Å². The maximum atomic E-state index is 9.92. The van der Waals surface area contributed by atoms with Gasteiger partial charge in [-0.15, -0.1) is 0 Å². The molecule has 1 atom stereocenters. The van der Waals surface area contributed by atoms with Crippen molar-refractivity contribution in [1.29, 1.82) is 0 Å². The van der Waals surface area contributed by atoms with Crippen molar-refractivity contribution in [3.63, 3.8) is 0 Å². The van der Waals surface area contributed by atoms with E-state index in [0.717, 1.165) is 24.3 Å². The fourth-order valence-electron chi connectivity index (χ4n) is 1.67. The standard InChI is InChI=1S/C14H22O/c1-11(2)5-4-6-14(15)13-9-7-12(3)8-10-13/h7-11,14-15H,4-6H2,1-3H3. The van der Waals surface area contributed by atoms with Gasteiger partial charge in [0.25, 0.3) is 0 Å². The Morgan fingerprint density at radius 3 is 2.20 bits per heavy atom. The van der Waals surface area contributed by atoms with Gasteiger partial charge in [0.05, 0.1) is 6.10 Å². The molecule has 0 aliphatic rings. The highest BCUT2D eigenvalue weighted by atomic mass is 16.3. The second kappa shape index (κ2) is 5.92. The van der Waals surface area contributed by atoms with Gasteiger partial charge in [-0.2, -0.15) is 0 Å². The first-order chi connectivity index (χ1) is 7.09. The number of benzene rings is 1. The number of aryl methyl sites for hydroxylation is 1. The Hall–Kier alpha value is -0.820. The molecule has 84 valence electrons. The smallest absolute Gasteiger partial charge is 0.0790 e. The molecule has 1 aromatic carbocycles. The monoisotopic (exact) mass is 206 g/mol. The van der Waals surface area contributed by atoms with Crippen molar-refractivity contribution in [2.45, 2.75) is 46.1 Å². The van der Waals surface area contributed by atoms with E-state index in [2.05, 4.69) is 32.9 Å². The van der Waals surface area contributed by atoms with Gasteiger partial charge >= 0.3 is 0 Å². The highest BCUT2D eigenvalue weighted by Gasteiger charge is 2.06. The maximum Gasteiger partial charge on any atom is 0.0790 e. The Morgan fingerprint density at radius 1 is 1.07 bits per heavy atom. The lowest BCUT2D eigenvalue weighted by Gasteiger charge is -2.12. The highest BCUT2D eigenvalue weighted by molar-refractivity contribution is 5.22. The summed E-state index contributed by atoms with van der Waals surface area (Å²) in [5, 5.41) is 9.92. The molecule has 0 radical (unpaired) electrons. The molecule has 0 aromatic heterocycles. The summed E-state index contributed by atoms with van der Waals surface area (Å²) in [4.78, 5) is 0. The van der Waals surface area contributed by atoms with E-state index in [1.165, 1.54) is 12.0 Å². The molecule has 1 N–H and O–H groups in total. The van der Waals surface area contributed by atoms with Gasteiger partial charge in [-0.1, -0.05) is 56.5 Å². The molecular formula is C14H22O. The fourth-order valence-corrected chi connectivity index (χ4v) is 1.67. The molecule has 1 unspecified atom stereocenters. The second-order valence-corrected chi connectivity index (χ2v) is 4.75. The third kappa shape index (κ3) is 4.48. The summed E-state index contributed by atoms with van der Waals surface area (Å²) >= 11 is 0. The van der Waals surface area contributed by atoms with E-state index in [4.69, 9.17) is 0 Å². The largest absolute Gasteiger partial charge is 0.388 e. The van der Waals surface area contributed by atoms with E-state index in [-0.39, 0.29) is 6.10 Å². The zero-order valence-corrected chi connectivity index (χ0v) is 10.0. The number of hydrogen-bond acceptors (Lipinski definition) is 1. The normalized spacial score (nSPS) is 13.1. The van der Waals surface area contributed by atoms with E-state index in [1.807, 2.05) is 12.1 Å². The number of hydrogen-bond donors (Lipinski definition) is 1. The molecule has 0 aliphatic carbocycles. The Balaban J connectivity index is 2.40. The molecule has 0 saturated heterocycles. The first kappa shape index (κ1) is 12.3. The highest BCUT2D eigenvalue weighted by Crippen LogP contribution is 2.20. The number of aliphatic hydroxyl groups excluding tert-OH is 1. The molecule has 1 heteroatoms. The SMILES string of the molecule is Cc1ccc(C(O)CCCC(C)C)cc1. The van der Waals surface area contributed by atoms with Crippen LogP contribution in [0.5, 0.6) is 0 Å². The zero-order valence-electron chi connectivity index (χ0n) is 10.0. The lowest BCUT2D eigenvalue weighted by atomic mass is 9.99. The van der Waals surface area contributed by atoms with Crippen LogP contribution < -0.4 is 0 Å². The van der Waals surface area contributed by atoms with Crippen LogP contribution in [0.15, 0.2) is 24.3 Å². The van der Waals surface area contributed by atoms with Crippen molar-refractivity contribution >= 4 is 0 Å².